The van der Waals surface area contributed by atoms with Gasteiger partial charge in [0.1, 0.15) is 5.52 Å². The molecule has 90 valence electrons. The highest BCUT2D eigenvalue weighted by Gasteiger charge is 2.07. The van der Waals surface area contributed by atoms with Gasteiger partial charge in [0.05, 0.1) is 0 Å². The predicted molar refractivity (Wildman–Crippen MR) is 69.2 cm³/mol. The Balaban J connectivity index is 0.000000169. The molecular formula is C13H11N3O2. The van der Waals surface area contributed by atoms with E-state index in [1.807, 2.05) is 42.5 Å². The van der Waals surface area contributed by atoms with Gasteiger partial charge < -0.3 is 10.1 Å². The summed E-state index contributed by atoms with van der Waals surface area (Å²) >= 11 is 0. The summed E-state index contributed by atoms with van der Waals surface area (Å²) in [5.74, 6) is 0.0381. The summed E-state index contributed by atoms with van der Waals surface area (Å²) in [7, 11) is 0. The topological polar surface area (TPSA) is 71.8 Å². The molecular weight excluding hydrogens is 230 g/mol. The number of nitro groups is 1. The van der Waals surface area contributed by atoms with E-state index in [9.17, 15) is 10.1 Å². The summed E-state index contributed by atoms with van der Waals surface area (Å²) in [4.78, 5) is 16.4. The van der Waals surface area contributed by atoms with Crippen molar-refractivity contribution in [2.45, 2.75) is 0 Å². The Morgan fingerprint density at radius 3 is 2.28 bits per heavy atom. The van der Waals surface area contributed by atoms with Crippen molar-refractivity contribution in [2.75, 3.05) is 0 Å². The van der Waals surface area contributed by atoms with Crippen molar-refractivity contribution >= 4 is 16.7 Å². The second-order valence-electron chi connectivity index (χ2n) is 3.52. The molecule has 0 spiro atoms. The standard InChI is InChI=1S/C8H6N2O2.C5H5N/c11-10(12)8-5-6-3-1-2-4-7(6)9-8;1-2-4-6-5-3-1/h1-5,9H;1-5H. The largest absolute Gasteiger partial charge is 0.358 e. The lowest BCUT2D eigenvalue weighted by atomic mass is 10.2. The number of aromatic amines is 1. The van der Waals surface area contributed by atoms with Gasteiger partial charge in [0, 0.05) is 23.8 Å². The van der Waals surface area contributed by atoms with Gasteiger partial charge in [-0.05, 0) is 23.1 Å². The van der Waals surface area contributed by atoms with E-state index >= 15 is 0 Å². The van der Waals surface area contributed by atoms with Crippen molar-refractivity contribution in [3.63, 3.8) is 0 Å². The summed E-state index contributed by atoms with van der Waals surface area (Å²) in [6, 6.07) is 14.6. The minimum Gasteiger partial charge on any atom is -0.358 e. The van der Waals surface area contributed by atoms with E-state index < -0.39 is 4.92 Å². The molecule has 3 aromatic rings. The fourth-order valence-electron chi connectivity index (χ4n) is 1.47. The maximum absolute atomic E-state index is 10.3. The molecule has 1 N–H and O–H groups in total. The van der Waals surface area contributed by atoms with Crippen LogP contribution in [0, 0.1) is 10.1 Å². The number of fused-ring (bicyclic) bond motifs is 1. The van der Waals surface area contributed by atoms with E-state index in [0.29, 0.717) is 0 Å². The van der Waals surface area contributed by atoms with Gasteiger partial charge in [0.2, 0.25) is 0 Å². The van der Waals surface area contributed by atoms with Gasteiger partial charge in [-0.2, -0.15) is 0 Å². The Labute approximate surface area is 103 Å². The lowest BCUT2D eigenvalue weighted by Crippen LogP contribution is -1.85. The van der Waals surface area contributed by atoms with Crippen molar-refractivity contribution in [3.05, 3.63) is 71.0 Å². The van der Waals surface area contributed by atoms with Crippen LogP contribution in [0.1, 0.15) is 0 Å². The van der Waals surface area contributed by atoms with Gasteiger partial charge in [-0.3, -0.25) is 4.98 Å². The van der Waals surface area contributed by atoms with E-state index in [1.165, 1.54) is 6.07 Å². The smallest absolute Gasteiger partial charge is 0.321 e. The highest BCUT2D eigenvalue weighted by Crippen LogP contribution is 2.19. The lowest BCUT2D eigenvalue weighted by molar-refractivity contribution is -0.389. The molecule has 0 saturated heterocycles. The van der Waals surface area contributed by atoms with Gasteiger partial charge in [-0.1, -0.05) is 24.3 Å². The average Bonchev–Trinajstić information content (AvgIpc) is 2.85. The van der Waals surface area contributed by atoms with Gasteiger partial charge >= 0.3 is 5.82 Å². The minimum absolute atomic E-state index is 0.0381. The van der Waals surface area contributed by atoms with E-state index in [1.54, 1.807) is 12.4 Å². The van der Waals surface area contributed by atoms with Crippen LogP contribution in [0.25, 0.3) is 10.9 Å². The summed E-state index contributed by atoms with van der Waals surface area (Å²) in [5.41, 5.74) is 0.796. The van der Waals surface area contributed by atoms with E-state index in [4.69, 9.17) is 0 Å². The molecule has 2 aromatic heterocycles. The normalized spacial score (nSPS) is 9.56. The molecule has 5 heteroatoms. The fourth-order valence-corrected chi connectivity index (χ4v) is 1.47. The van der Waals surface area contributed by atoms with Crippen LogP contribution >= 0.6 is 0 Å². The van der Waals surface area contributed by atoms with Gasteiger partial charge in [-0.15, -0.1) is 0 Å². The number of H-pyrrole nitrogens is 1. The second-order valence-corrected chi connectivity index (χ2v) is 3.52. The molecule has 2 heterocycles. The van der Waals surface area contributed by atoms with Gasteiger partial charge in [0.25, 0.3) is 0 Å². The number of hydrogen-bond acceptors (Lipinski definition) is 3. The fraction of sp³-hybridized carbons (Fsp3) is 0. The Morgan fingerprint density at radius 2 is 1.78 bits per heavy atom. The predicted octanol–water partition coefficient (Wildman–Crippen LogP) is 3.16. The third-order valence-electron chi connectivity index (χ3n) is 2.28. The minimum atomic E-state index is -0.431. The van der Waals surface area contributed by atoms with Crippen LogP contribution in [0.15, 0.2) is 60.9 Å². The zero-order valence-corrected chi connectivity index (χ0v) is 9.48. The molecule has 0 fully saturated rings. The van der Waals surface area contributed by atoms with Gasteiger partial charge in [0.15, 0.2) is 0 Å². The molecule has 5 nitrogen and oxygen atoms in total. The van der Waals surface area contributed by atoms with Crippen molar-refractivity contribution in [1.29, 1.82) is 0 Å². The van der Waals surface area contributed by atoms with Crippen molar-refractivity contribution in [3.8, 4) is 0 Å². The molecule has 1 aromatic carbocycles. The molecule has 0 aliphatic rings. The number of hydrogen-bond donors (Lipinski definition) is 1. The van der Waals surface area contributed by atoms with Crippen LogP contribution in [0.3, 0.4) is 0 Å². The molecule has 0 atom stereocenters. The van der Waals surface area contributed by atoms with Crippen LogP contribution in [0.5, 0.6) is 0 Å². The number of nitrogens with one attached hydrogen (secondary N) is 1. The molecule has 0 saturated carbocycles. The number of pyridine rings is 1. The van der Waals surface area contributed by atoms with Gasteiger partial charge in [-0.25, -0.2) is 4.98 Å². The second kappa shape index (κ2) is 5.58. The number of rotatable bonds is 1. The highest BCUT2D eigenvalue weighted by atomic mass is 16.6. The van der Waals surface area contributed by atoms with E-state index in [0.717, 1.165) is 10.9 Å². The first-order valence-corrected chi connectivity index (χ1v) is 5.34. The first-order chi connectivity index (χ1) is 8.77. The number of nitrogens with zero attached hydrogens (tertiary/aromatic N) is 2. The molecule has 0 bridgehead atoms. The average molecular weight is 241 g/mol. The van der Waals surface area contributed by atoms with Crippen LogP contribution in [-0.2, 0) is 0 Å². The Bertz CT molecular complexity index is 575. The lowest BCUT2D eigenvalue weighted by Gasteiger charge is -1.84. The summed E-state index contributed by atoms with van der Waals surface area (Å²) in [6.07, 6.45) is 3.50. The summed E-state index contributed by atoms with van der Waals surface area (Å²) in [6.45, 7) is 0. The van der Waals surface area contributed by atoms with Crippen molar-refractivity contribution in [2.24, 2.45) is 0 Å². The highest BCUT2D eigenvalue weighted by molar-refractivity contribution is 5.82. The molecule has 0 radical (unpaired) electrons. The van der Waals surface area contributed by atoms with Crippen LogP contribution in [0.4, 0.5) is 5.82 Å². The Hall–Kier alpha value is -2.69. The monoisotopic (exact) mass is 241 g/mol. The molecule has 3 rings (SSSR count). The molecule has 0 unspecified atom stereocenters. The number of aromatic nitrogens is 2. The van der Waals surface area contributed by atoms with E-state index in [2.05, 4.69) is 9.97 Å². The quantitative estimate of drug-likeness (QED) is 0.525. The summed E-state index contributed by atoms with van der Waals surface area (Å²) in [5, 5.41) is 11.2. The third-order valence-corrected chi connectivity index (χ3v) is 2.28. The summed E-state index contributed by atoms with van der Waals surface area (Å²) < 4.78 is 0. The maximum Gasteiger partial charge on any atom is 0.321 e. The van der Waals surface area contributed by atoms with Crippen LogP contribution < -0.4 is 0 Å². The van der Waals surface area contributed by atoms with Crippen molar-refractivity contribution < 1.29 is 4.92 Å². The zero-order chi connectivity index (χ0) is 12.8. The molecule has 0 amide bonds. The zero-order valence-electron chi connectivity index (χ0n) is 9.48. The maximum atomic E-state index is 10.3. The first kappa shape index (κ1) is 11.8. The SMILES string of the molecule is O=[N+]([O-])c1cc2ccccc2[nH]1.c1ccncc1. The first-order valence-electron chi connectivity index (χ1n) is 5.34. The number of benzene rings is 1. The molecule has 18 heavy (non-hydrogen) atoms. The molecule has 0 aliphatic carbocycles. The van der Waals surface area contributed by atoms with Crippen molar-refractivity contribution in [1.82, 2.24) is 9.97 Å². The third kappa shape index (κ3) is 2.91. The number of para-hydroxylation sites is 1. The Morgan fingerprint density at radius 1 is 1.06 bits per heavy atom. The molecule has 0 aliphatic heterocycles. The Kier molecular flexibility index (Phi) is 3.66. The van der Waals surface area contributed by atoms with Crippen LogP contribution in [0.2, 0.25) is 0 Å². The van der Waals surface area contributed by atoms with Crippen LogP contribution in [-0.4, -0.2) is 14.9 Å². The van der Waals surface area contributed by atoms with E-state index in [-0.39, 0.29) is 5.82 Å².